The van der Waals surface area contributed by atoms with Gasteiger partial charge in [-0.15, -0.1) is 24.0 Å². The molecule has 1 aromatic rings. The molecule has 0 saturated carbocycles. The summed E-state index contributed by atoms with van der Waals surface area (Å²) in [6.07, 6.45) is 2.19. The van der Waals surface area contributed by atoms with Crippen LogP contribution in [0.4, 0.5) is 8.78 Å². The van der Waals surface area contributed by atoms with Gasteiger partial charge in [0.05, 0.1) is 26.4 Å². The number of rotatable bonds is 12. The Morgan fingerprint density at radius 3 is 2.46 bits per heavy atom. The van der Waals surface area contributed by atoms with Gasteiger partial charge >= 0.3 is 0 Å². The molecular formula is C18H30F2IN3O2. The molecule has 0 atom stereocenters. The number of hydrogen-bond donors (Lipinski definition) is 2. The molecule has 5 nitrogen and oxygen atoms in total. The smallest absolute Gasteiger partial charge is 0.191 e. The van der Waals surface area contributed by atoms with Crippen LogP contribution in [0.15, 0.2) is 23.2 Å². The summed E-state index contributed by atoms with van der Waals surface area (Å²) in [4.78, 5) is 4.26. The first-order valence-corrected chi connectivity index (χ1v) is 8.79. The van der Waals surface area contributed by atoms with Crippen molar-refractivity contribution >= 4 is 29.9 Å². The first kappa shape index (κ1) is 25.0. The number of halogens is 3. The molecule has 1 aromatic carbocycles. The fourth-order valence-corrected chi connectivity index (χ4v) is 1.98. The van der Waals surface area contributed by atoms with E-state index >= 15 is 0 Å². The van der Waals surface area contributed by atoms with Gasteiger partial charge in [-0.25, -0.2) is 13.8 Å². The standard InChI is InChI=1S/C18H29F2N3O2.HI/c1-3-5-9-24-11-12-25-10-8-22-18(21-4-2)23-14-15-13-16(19)6-7-17(15)20;/h6-7,13H,3-5,8-12,14H2,1-2H3,(H2,21,22,23);1H. The maximum Gasteiger partial charge on any atom is 0.191 e. The maximum atomic E-state index is 13.6. The normalized spacial score (nSPS) is 11.2. The van der Waals surface area contributed by atoms with Gasteiger partial charge in [0.1, 0.15) is 11.6 Å². The largest absolute Gasteiger partial charge is 0.379 e. The van der Waals surface area contributed by atoms with Gasteiger partial charge in [0.25, 0.3) is 0 Å². The van der Waals surface area contributed by atoms with Gasteiger partial charge in [0, 0.05) is 25.3 Å². The summed E-state index contributed by atoms with van der Waals surface area (Å²) < 4.78 is 37.6. The third-order valence-corrected chi connectivity index (χ3v) is 3.31. The Balaban J connectivity index is 0.00000625. The van der Waals surface area contributed by atoms with E-state index in [-0.39, 0.29) is 36.1 Å². The lowest BCUT2D eigenvalue weighted by atomic mass is 10.2. The molecule has 0 bridgehead atoms. The van der Waals surface area contributed by atoms with Gasteiger partial charge in [-0.05, 0) is 31.5 Å². The quantitative estimate of drug-likeness (QED) is 0.206. The molecule has 0 spiro atoms. The third-order valence-electron chi connectivity index (χ3n) is 3.31. The van der Waals surface area contributed by atoms with Crippen LogP contribution in [-0.4, -0.2) is 45.5 Å². The minimum absolute atomic E-state index is 0. The van der Waals surface area contributed by atoms with Crippen molar-refractivity contribution in [2.75, 3.05) is 39.5 Å². The first-order chi connectivity index (χ1) is 12.2. The number of hydrogen-bond acceptors (Lipinski definition) is 3. The highest BCUT2D eigenvalue weighted by Gasteiger charge is 2.04. The van der Waals surface area contributed by atoms with E-state index in [1.165, 1.54) is 0 Å². The van der Waals surface area contributed by atoms with Crippen LogP contribution in [0.25, 0.3) is 0 Å². The van der Waals surface area contributed by atoms with E-state index in [1.54, 1.807) is 0 Å². The van der Waals surface area contributed by atoms with E-state index < -0.39 is 11.6 Å². The number of ether oxygens (including phenoxy) is 2. The highest BCUT2D eigenvalue weighted by atomic mass is 127. The molecule has 0 aliphatic heterocycles. The van der Waals surface area contributed by atoms with Crippen LogP contribution in [-0.2, 0) is 16.0 Å². The second-order valence-corrected chi connectivity index (χ2v) is 5.44. The topological polar surface area (TPSA) is 54.9 Å². The molecule has 8 heteroatoms. The van der Waals surface area contributed by atoms with Gasteiger partial charge in [0.15, 0.2) is 5.96 Å². The zero-order valence-corrected chi connectivity index (χ0v) is 17.9. The summed E-state index contributed by atoms with van der Waals surface area (Å²) in [5.41, 5.74) is 0.220. The second kappa shape index (κ2) is 16.2. The van der Waals surface area contributed by atoms with E-state index in [0.717, 1.165) is 37.6 Å². The summed E-state index contributed by atoms with van der Waals surface area (Å²) >= 11 is 0. The van der Waals surface area contributed by atoms with E-state index in [9.17, 15) is 8.78 Å². The minimum atomic E-state index is -0.473. The molecule has 0 radical (unpaired) electrons. The average molecular weight is 485 g/mol. The van der Waals surface area contributed by atoms with Crippen molar-refractivity contribution < 1.29 is 18.3 Å². The number of nitrogens with one attached hydrogen (secondary N) is 2. The monoisotopic (exact) mass is 485 g/mol. The van der Waals surface area contributed by atoms with Crippen molar-refractivity contribution in [1.29, 1.82) is 0 Å². The van der Waals surface area contributed by atoms with E-state index in [2.05, 4.69) is 22.5 Å². The van der Waals surface area contributed by atoms with E-state index in [0.29, 0.717) is 38.9 Å². The predicted octanol–water partition coefficient (Wildman–Crippen LogP) is 3.47. The molecule has 0 unspecified atom stereocenters. The van der Waals surface area contributed by atoms with Crippen molar-refractivity contribution in [3.05, 3.63) is 35.4 Å². The summed E-state index contributed by atoms with van der Waals surface area (Å²) in [7, 11) is 0. The number of unbranched alkanes of at least 4 members (excludes halogenated alkanes) is 1. The van der Waals surface area contributed by atoms with Gasteiger partial charge in [0.2, 0.25) is 0 Å². The molecule has 2 N–H and O–H groups in total. The molecule has 150 valence electrons. The maximum absolute atomic E-state index is 13.6. The van der Waals surface area contributed by atoms with Crippen LogP contribution in [0.5, 0.6) is 0 Å². The van der Waals surface area contributed by atoms with Crippen LogP contribution in [0.1, 0.15) is 32.3 Å². The van der Waals surface area contributed by atoms with E-state index in [4.69, 9.17) is 9.47 Å². The molecule has 26 heavy (non-hydrogen) atoms. The molecular weight excluding hydrogens is 455 g/mol. The lowest BCUT2D eigenvalue weighted by Gasteiger charge is -2.12. The molecule has 1 rings (SSSR count). The molecule has 0 saturated heterocycles. The Bertz CT molecular complexity index is 519. The number of guanidine groups is 1. The molecule has 0 amide bonds. The lowest BCUT2D eigenvalue weighted by molar-refractivity contribution is 0.0487. The van der Waals surface area contributed by atoms with Crippen LogP contribution in [0.3, 0.4) is 0 Å². The molecule has 0 fully saturated rings. The number of nitrogens with zero attached hydrogens (tertiary/aromatic N) is 1. The Kier molecular flexibility index (Phi) is 15.6. The molecule has 0 heterocycles. The summed E-state index contributed by atoms with van der Waals surface area (Å²) in [6.45, 7) is 7.77. The van der Waals surface area contributed by atoms with Crippen LogP contribution in [0.2, 0.25) is 0 Å². The van der Waals surface area contributed by atoms with Crippen molar-refractivity contribution in [1.82, 2.24) is 10.6 Å². The van der Waals surface area contributed by atoms with Crippen molar-refractivity contribution in [2.24, 2.45) is 4.99 Å². The van der Waals surface area contributed by atoms with Crippen molar-refractivity contribution in [3.63, 3.8) is 0 Å². The molecule has 0 aromatic heterocycles. The van der Waals surface area contributed by atoms with Gasteiger partial charge < -0.3 is 20.1 Å². The third kappa shape index (κ3) is 11.6. The summed E-state index contributed by atoms with van der Waals surface area (Å²) in [5.74, 6) is -0.402. The van der Waals surface area contributed by atoms with E-state index in [1.807, 2.05) is 6.92 Å². The fourth-order valence-electron chi connectivity index (χ4n) is 1.98. The molecule has 0 aliphatic rings. The number of aliphatic imine (C=N–C) groups is 1. The summed E-state index contributed by atoms with van der Waals surface area (Å²) in [6, 6.07) is 3.36. The average Bonchev–Trinajstić information content (AvgIpc) is 2.60. The van der Waals surface area contributed by atoms with Crippen molar-refractivity contribution in [3.8, 4) is 0 Å². The Labute approximate surface area is 172 Å². The van der Waals surface area contributed by atoms with Crippen molar-refractivity contribution in [2.45, 2.75) is 33.2 Å². The van der Waals surface area contributed by atoms with Crippen LogP contribution in [0, 0.1) is 11.6 Å². The Hall–Kier alpha value is -1.00. The van der Waals surface area contributed by atoms with Gasteiger partial charge in [-0.2, -0.15) is 0 Å². The summed E-state index contributed by atoms with van der Waals surface area (Å²) in [5, 5.41) is 6.15. The zero-order chi connectivity index (χ0) is 18.3. The second-order valence-electron chi connectivity index (χ2n) is 5.44. The highest BCUT2D eigenvalue weighted by molar-refractivity contribution is 14.0. The number of benzene rings is 1. The lowest BCUT2D eigenvalue weighted by Crippen LogP contribution is -2.39. The Morgan fingerprint density at radius 2 is 1.77 bits per heavy atom. The zero-order valence-electron chi connectivity index (χ0n) is 15.5. The fraction of sp³-hybridized carbons (Fsp3) is 0.611. The van der Waals surface area contributed by atoms with Crippen LogP contribution >= 0.6 is 24.0 Å². The first-order valence-electron chi connectivity index (χ1n) is 8.79. The highest BCUT2D eigenvalue weighted by Crippen LogP contribution is 2.10. The predicted molar refractivity (Wildman–Crippen MR) is 111 cm³/mol. The minimum Gasteiger partial charge on any atom is -0.379 e. The van der Waals surface area contributed by atoms with Crippen LogP contribution < -0.4 is 10.6 Å². The Morgan fingerprint density at radius 1 is 1.04 bits per heavy atom. The SMILES string of the molecule is CCCCOCCOCCNC(=NCc1cc(F)ccc1F)NCC.I. The van der Waals surface area contributed by atoms with Gasteiger partial charge in [-0.3, -0.25) is 0 Å². The van der Waals surface area contributed by atoms with Gasteiger partial charge in [-0.1, -0.05) is 13.3 Å². The molecule has 0 aliphatic carbocycles.